The summed E-state index contributed by atoms with van der Waals surface area (Å²) >= 11 is 0. The Morgan fingerprint density at radius 1 is 1.48 bits per heavy atom. The van der Waals surface area contributed by atoms with Crippen LogP contribution >= 0.6 is 0 Å². The number of carbonyl (C=O) groups is 1. The maximum absolute atomic E-state index is 11.4. The minimum absolute atomic E-state index is 0.550. The normalized spacial score (nSPS) is 17.3. The number of aromatic nitrogens is 3. The smallest absolute Gasteiger partial charge is 0.326 e. The lowest BCUT2D eigenvalue weighted by molar-refractivity contribution is -0.141. The standard InChI is InChI=1S/C15H17N3O3/c1-21-11-5-2-4-10(8-11)9-14-17-16-13-7-3-6-12(15(19)20)18(13)14/h2,4-5,8,12H,3,6-7,9H2,1H3,(H,19,20). The monoisotopic (exact) mass is 287 g/mol. The zero-order chi connectivity index (χ0) is 14.8. The Bertz CT molecular complexity index is 666. The first kappa shape index (κ1) is 13.6. The fourth-order valence-electron chi connectivity index (χ4n) is 2.79. The molecule has 0 bridgehead atoms. The van der Waals surface area contributed by atoms with Gasteiger partial charge in [0, 0.05) is 12.8 Å². The molecular weight excluding hydrogens is 270 g/mol. The summed E-state index contributed by atoms with van der Waals surface area (Å²) in [6, 6.07) is 7.15. The Labute approximate surface area is 122 Å². The number of hydrogen-bond donors (Lipinski definition) is 1. The zero-order valence-electron chi connectivity index (χ0n) is 11.8. The van der Waals surface area contributed by atoms with Gasteiger partial charge in [0.1, 0.15) is 23.4 Å². The summed E-state index contributed by atoms with van der Waals surface area (Å²) in [6.45, 7) is 0. The van der Waals surface area contributed by atoms with Crippen LogP contribution in [0.2, 0.25) is 0 Å². The van der Waals surface area contributed by atoms with Gasteiger partial charge in [-0.3, -0.25) is 0 Å². The van der Waals surface area contributed by atoms with Crippen LogP contribution in [0, 0.1) is 0 Å². The predicted molar refractivity (Wildman–Crippen MR) is 75.4 cm³/mol. The highest BCUT2D eigenvalue weighted by molar-refractivity contribution is 5.72. The second-order valence-corrected chi connectivity index (χ2v) is 5.18. The third-order valence-electron chi connectivity index (χ3n) is 3.81. The Kier molecular flexibility index (Phi) is 3.60. The van der Waals surface area contributed by atoms with Crippen molar-refractivity contribution in [1.29, 1.82) is 0 Å². The van der Waals surface area contributed by atoms with E-state index < -0.39 is 12.0 Å². The second-order valence-electron chi connectivity index (χ2n) is 5.18. The van der Waals surface area contributed by atoms with E-state index >= 15 is 0 Å². The average Bonchev–Trinajstić information content (AvgIpc) is 2.90. The maximum Gasteiger partial charge on any atom is 0.326 e. The van der Waals surface area contributed by atoms with Gasteiger partial charge >= 0.3 is 5.97 Å². The van der Waals surface area contributed by atoms with Gasteiger partial charge in [-0.25, -0.2) is 4.79 Å². The molecule has 1 aromatic heterocycles. The van der Waals surface area contributed by atoms with Crippen molar-refractivity contribution < 1.29 is 14.6 Å². The van der Waals surface area contributed by atoms with Gasteiger partial charge in [0.05, 0.1) is 7.11 Å². The molecule has 0 radical (unpaired) electrons. The number of rotatable bonds is 4. The van der Waals surface area contributed by atoms with Crippen LogP contribution in [0.3, 0.4) is 0 Å². The molecule has 0 saturated carbocycles. The summed E-state index contributed by atoms with van der Waals surface area (Å²) in [5.74, 6) is 1.43. The van der Waals surface area contributed by atoms with E-state index in [0.29, 0.717) is 18.7 Å². The van der Waals surface area contributed by atoms with Crippen LogP contribution in [0.15, 0.2) is 24.3 Å². The van der Waals surface area contributed by atoms with Crippen molar-refractivity contribution >= 4 is 5.97 Å². The van der Waals surface area contributed by atoms with Gasteiger partial charge < -0.3 is 14.4 Å². The number of carboxylic acid groups (broad SMARTS) is 1. The van der Waals surface area contributed by atoms with Gasteiger partial charge in [-0.1, -0.05) is 12.1 Å². The van der Waals surface area contributed by atoms with E-state index in [0.717, 1.165) is 30.0 Å². The van der Waals surface area contributed by atoms with Gasteiger partial charge in [-0.15, -0.1) is 10.2 Å². The fourth-order valence-corrected chi connectivity index (χ4v) is 2.79. The van der Waals surface area contributed by atoms with E-state index in [2.05, 4.69) is 10.2 Å². The van der Waals surface area contributed by atoms with Gasteiger partial charge in [0.25, 0.3) is 0 Å². The molecule has 110 valence electrons. The second kappa shape index (κ2) is 5.55. The summed E-state index contributed by atoms with van der Waals surface area (Å²) in [5, 5.41) is 17.7. The molecule has 1 unspecified atom stereocenters. The van der Waals surface area contributed by atoms with Crippen molar-refractivity contribution in [2.24, 2.45) is 0 Å². The molecule has 1 aliphatic rings. The topological polar surface area (TPSA) is 77.2 Å². The van der Waals surface area contributed by atoms with Crippen molar-refractivity contribution in [3.63, 3.8) is 0 Å². The molecule has 0 spiro atoms. The quantitative estimate of drug-likeness (QED) is 0.928. The lowest BCUT2D eigenvalue weighted by atomic mass is 10.0. The fraction of sp³-hybridized carbons (Fsp3) is 0.400. The third-order valence-corrected chi connectivity index (χ3v) is 3.81. The number of ether oxygens (including phenoxy) is 1. The highest BCUT2D eigenvalue weighted by atomic mass is 16.5. The molecule has 3 rings (SSSR count). The van der Waals surface area contributed by atoms with Crippen LogP contribution in [-0.4, -0.2) is 33.0 Å². The Morgan fingerprint density at radius 3 is 3.10 bits per heavy atom. The molecule has 6 heteroatoms. The number of aryl methyl sites for hydroxylation is 1. The van der Waals surface area contributed by atoms with Crippen molar-refractivity contribution in [2.75, 3.05) is 7.11 Å². The third kappa shape index (κ3) is 2.61. The summed E-state index contributed by atoms with van der Waals surface area (Å²) in [5.41, 5.74) is 1.03. The van der Waals surface area contributed by atoms with Gasteiger partial charge in [-0.2, -0.15) is 0 Å². The largest absolute Gasteiger partial charge is 0.497 e. The molecule has 1 aromatic carbocycles. The summed E-state index contributed by atoms with van der Waals surface area (Å²) < 4.78 is 6.99. The number of hydrogen-bond acceptors (Lipinski definition) is 4. The SMILES string of the molecule is COc1cccc(Cc2nnc3n2C(C(=O)O)CCC3)c1. The molecule has 1 N–H and O–H groups in total. The van der Waals surface area contributed by atoms with E-state index in [1.165, 1.54) is 0 Å². The minimum atomic E-state index is -0.817. The van der Waals surface area contributed by atoms with E-state index in [1.807, 2.05) is 24.3 Å². The maximum atomic E-state index is 11.4. The van der Waals surface area contributed by atoms with Crippen LogP contribution in [0.4, 0.5) is 0 Å². The predicted octanol–water partition coefficient (Wildman–Crippen LogP) is 1.84. The van der Waals surface area contributed by atoms with Crippen molar-refractivity contribution in [3.8, 4) is 5.75 Å². The van der Waals surface area contributed by atoms with Crippen LogP contribution < -0.4 is 4.74 Å². The molecule has 1 atom stereocenters. The summed E-state index contributed by atoms with van der Waals surface area (Å²) in [7, 11) is 1.62. The van der Waals surface area contributed by atoms with Crippen LogP contribution in [0.25, 0.3) is 0 Å². The number of carboxylic acids is 1. The molecular formula is C15H17N3O3. The van der Waals surface area contributed by atoms with Gasteiger partial charge in [-0.05, 0) is 30.5 Å². The first-order valence-electron chi connectivity index (χ1n) is 6.97. The van der Waals surface area contributed by atoms with Crippen LogP contribution in [-0.2, 0) is 17.6 Å². The summed E-state index contributed by atoms with van der Waals surface area (Å²) in [4.78, 5) is 11.4. The lowest BCUT2D eigenvalue weighted by Gasteiger charge is -2.22. The molecule has 0 fully saturated rings. The zero-order valence-corrected chi connectivity index (χ0v) is 11.8. The molecule has 0 amide bonds. The first-order chi connectivity index (χ1) is 10.2. The first-order valence-corrected chi connectivity index (χ1v) is 6.97. The number of fused-ring (bicyclic) bond motifs is 1. The minimum Gasteiger partial charge on any atom is -0.497 e. The van der Waals surface area contributed by atoms with Crippen molar-refractivity contribution in [3.05, 3.63) is 41.5 Å². The molecule has 0 saturated heterocycles. The highest BCUT2D eigenvalue weighted by Crippen LogP contribution is 2.26. The van der Waals surface area contributed by atoms with E-state index in [9.17, 15) is 9.90 Å². The van der Waals surface area contributed by atoms with Crippen molar-refractivity contribution in [2.45, 2.75) is 31.7 Å². The number of aliphatic carboxylic acids is 1. The molecule has 1 aliphatic heterocycles. The number of methoxy groups -OCH3 is 1. The number of benzene rings is 1. The lowest BCUT2D eigenvalue weighted by Crippen LogP contribution is -2.26. The van der Waals surface area contributed by atoms with E-state index in [1.54, 1.807) is 11.7 Å². The van der Waals surface area contributed by atoms with E-state index in [4.69, 9.17) is 4.74 Å². The molecule has 2 heterocycles. The molecule has 0 aliphatic carbocycles. The summed E-state index contributed by atoms with van der Waals surface area (Å²) in [6.07, 6.45) is 2.81. The Hall–Kier alpha value is -2.37. The molecule has 2 aromatic rings. The highest BCUT2D eigenvalue weighted by Gasteiger charge is 2.29. The molecule has 21 heavy (non-hydrogen) atoms. The van der Waals surface area contributed by atoms with Gasteiger partial charge in [0.2, 0.25) is 0 Å². The van der Waals surface area contributed by atoms with Gasteiger partial charge in [0.15, 0.2) is 0 Å². The van der Waals surface area contributed by atoms with Crippen LogP contribution in [0.5, 0.6) is 5.75 Å². The number of nitrogens with zero attached hydrogens (tertiary/aromatic N) is 3. The Morgan fingerprint density at radius 2 is 2.33 bits per heavy atom. The van der Waals surface area contributed by atoms with Crippen molar-refractivity contribution in [1.82, 2.24) is 14.8 Å². The molecule has 6 nitrogen and oxygen atoms in total. The van der Waals surface area contributed by atoms with E-state index in [-0.39, 0.29) is 0 Å². The average molecular weight is 287 g/mol. The Balaban J connectivity index is 1.93. The van der Waals surface area contributed by atoms with Crippen LogP contribution in [0.1, 0.15) is 36.1 Å².